The molecule has 0 aliphatic heterocycles. The summed E-state index contributed by atoms with van der Waals surface area (Å²) < 4.78 is 12.5. The van der Waals surface area contributed by atoms with Crippen LogP contribution in [0.4, 0.5) is 0 Å². The van der Waals surface area contributed by atoms with Crippen LogP contribution in [0.1, 0.15) is 28.5 Å². The zero-order valence-corrected chi connectivity index (χ0v) is 19.4. The molecule has 0 unspecified atom stereocenters. The third-order valence-electron chi connectivity index (χ3n) is 5.65. The Kier molecular flexibility index (Phi) is 6.58. The van der Waals surface area contributed by atoms with Crippen molar-refractivity contribution in [2.45, 2.75) is 26.8 Å². The Morgan fingerprint density at radius 3 is 2.58 bits per heavy atom. The number of aryl methyl sites for hydroxylation is 2. The van der Waals surface area contributed by atoms with Crippen LogP contribution in [0.15, 0.2) is 54.7 Å². The number of carbonyl (C=O) groups is 1. The maximum atomic E-state index is 13.2. The molecular weight excluding hydrogens is 416 g/mol. The van der Waals surface area contributed by atoms with E-state index in [4.69, 9.17) is 14.5 Å². The van der Waals surface area contributed by atoms with E-state index in [1.54, 1.807) is 14.2 Å². The molecule has 0 bridgehead atoms. The van der Waals surface area contributed by atoms with E-state index in [1.807, 2.05) is 73.3 Å². The second-order valence-electron chi connectivity index (χ2n) is 7.75. The average molecular weight is 445 g/mol. The smallest absolute Gasteiger partial charge is 0.252 e. The number of amides is 1. The number of para-hydroxylation sites is 1. The number of rotatable bonds is 8. The van der Waals surface area contributed by atoms with Gasteiger partial charge in [0.25, 0.3) is 5.91 Å². The van der Waals surface area contributed by atoms with Gasteiger partial charge in [-0.3, -0.25) is 9.48 Å². The number of ether oxygens (including phenoxy) is 2. The molecule has 7 heteroatoms. The molecule has 0 aliphatic carbocycles. The highest BCUT2D eigenvalue weighted by atomic mass is 16.5. The van der Waals surface area contributed by atoms with Crippen molar-refractivity contribution in [1.82, 2.24) is 20.1 Å². The van der Waals surface area contributed by atoms with Crippen LogP contribution in [-0.2, 0) is 13.0 Å². The Morgan fingerprint density at radius 2 is 1.85 bits per heavy atom. The Balaban J connectivity index is 1.58. The molecule has 0 spiro atoms. The summed E-state index contributed by atoms with van der Waals surface area (Å²) in [5.74, 6) is 1.23. The van der Waals surface area contributed by atoms with E-state index in [0.717, 1.165) is 40.0 Å². The fraction of sp³-hybridized carbons (Fsp3) is 0.269. The maximum Gasteiger partial charge on any atom is 0.252 e. The van der Waals surface area contributed by atoms with E-state index < -0.39 is 0 Å². The lowest BCUT2D eigenvalue weighted by Gasteiger charge is -2.12. The van der Waals surface area contributed by atoms with Gasteiger partial charge in [-0.05, 0) is 50.1 Å². The van der Waals surface area contributed by atoms with Crippen molar-refractivity contribution in [2.75, 3.05) is 20.8 Å². The summed E-state index contributed by atoms with van der Waals surface area (Å²) in [4.78, 5) is 18.0. The van der Waals surface area contributed by atoms with Crippen molar-refractivity contribution in [3.63, 3.8) is 0 Å². The predicted molar refractivity (Wildman–Crippen MR) is 129 cm³/mol. The molecule has 0 saturated heterocycles. The number of benzene rings is 2. The molecule has 7 nitrogen and oxygen atoms in total. The third-order valence-corrected chi connectivity index (χ3v) is 5.65. The van der Waals surface area contributed by atoms with E-state index >= 15 is 0 Å². The summed E-state index contributed by atoms with van der Waals surface area (Å²) in [6, 6.07) is 15.3. The first kappa shape index (κ1) is 22.3. The number of fused-ring (bicyclic) bond motifs is 1. The Bertz CT molecular complexity index is 1300. The number of aromatic nitrogens is 3. The van der Waals surface area contributed by atoms with Crippen LogP contribution in [0.2, 0.25) is 0 Å². The summed E-state index contributed by atoms with van der Waals surface area (Å²) in [5.41, 5.74) is 5.00. The van der Waals surface area contributed by atoms with Crippen LogP contribution >= 0.6 is 0 Å². The molecule has 0 aliphatic rings. The number of hydrogen-bond donors (Lipinski definition) is 1. The SMILES string of the molecule is CCn1cc(-c2cc(C(=O)NCCc3ccc(OC)c(OC)c3)c3ccccc3n2)c(C)n1. The maximum absolute atomic E-state index is 13.2. The summed E-state index contributed by atoms with van der Waals surface area (Å²) in [6.07, 6.45) is 2.65. The standard InChI is InChI=1S/C26H28N4O3/c1-5-30-16-21(17(2)29-30)23-15-20(19-8-6-7-9-22(19)28-23)26(31)27-13-12-18-10-11-24(32-3)25(14-18)33-4/h6-11,14-16H,5,12-13H2,1-4H3,(H,27,31). The van der Waals surface area contributed by atoms with Crippen molar-refractivity contribution in [2.24, 2.45) is 0 Å². The molecule has 4 aromatic rings. The van der Waals surface area contributed by atoms with Crippen molar-refractivity contribution in [3.05, 3.63) is 71.5 Å². The molecule has 1 amide bonds. The van der Waals surface area contributed by atoms with Crippen LogP contribution < -0.4 is 14.8 Å². The lowest BCUT2D eigenvalue weighted by atomic mass is 10.0. The Labute approximate surface area is 193 Å². The van der Waals surface area contributed by atoms with Gasteiger partial charge in [0.05, 0.1) is 36.7 Å². The summed E-state index contributed by atoms with van der Waals surface area (Å²) >= 11 is 0. The number of nitrogens with one attached hydrogen (secondary N) is 1. The predicted octanol–water partition coefficient (Wildman–Crippen LogP) is 4.42. The van der Waals surface area contributed by atoms with Gasteiger partial charge in [-0.1, -0.05) is 24.3 Å². The normalized spacial score (nSPS) is 10.9. The lowest BCUT2D eigenvalue weighted by molar-refractivity contribution is 0.0955. The largest absolute Gasteiger partial charge is 0.493 e. The second-order valence-corrected chi connectivity index (χ2v) is 7.75. The number of hydrogen-bond acceptors (Lipinski definition) is 5. The first-order valence-corrected chi connectivity index (χ1v) is 11.0. The van der Waals surface area contributed by atoms with Crippen LogP contribution in [0.3, 0.4) is 0 Å². The van der Waals surface area contributed by atoms with Gasteiger partial charge in [0.15, 0.2) is 11.5 Å². The zero-order chi connectivity index (χ0) is 23.4. The number of nitrogens with zero attached hydrogens (tertiary/aromatic N) is 3. The lowest BCUT2D eigenvalue weighted by Crippen LogP contribution is -2.26. The van der Waals surface area contributed by atoms with Crippen molar-refractivity contribution in [1.29, 1.82) is 0 Å². The molecule has 2 heterocycles. The molecule has 2 aromatic heterocycles. The van der Waals surface area contributed by atoms with Gasteiger partial charge in [0.1, 0.15) is 0 Å². The fourth-order valence-corrected chi connectivity index (χ4v) is 3.88. The van der Waals surface area contributed by atoms with E-state index in [0.29, 0.717) is 30.0 Å². The highest BCUT2D eigenvalue weighted by molar-refractivity contribution is 6.07. The van der Waals surface area contributed by atoms with Crippen LogP contribution in [0.5, 0.6) is 11.5 Å². The highest BCUT2D eigenvalue weighted by Gasteiger charge is 2.16. The van der Waals surface area contributed by atoms with Crippen LogP contribution in [0.25, 0.3) is 22.2 Å². The van der Waals surface area contributed by atoms with E-state index in [-0.39, 0.29) is 5.91 Å². The van der Waals surface area contributed by atoms with Gasteiger partial charge >= 0.3 is 0 Å². The van der Waals surface area contributed by atoms with Gasteiger partial charge in [-0.15, -0.1) is 0 Å². The van der Waals surface area contributed by atoms with Gasteiger partial charge in [-0.25, -0.2) is 4.98 Å². The summed E-state index contributed by atoms with van der Waals surface area (Å²) in [5, 5.41) is 8.41. The number of carbonyl (C=O) groups excluding carboxylic acids is 1. The van der Waals surface area contributed by atoms with E-state index in [1.165, 1.54) is 0 Å². The van der Waals surface area contributed by atoms with Gasteiger partial charge in [0, 0.05) is 30.2 Å². The minimum absolute atomic E-state index is 0.129. The molecule has 4 rings (SSSR count). The molecule has 170 valence electrons. The Morgan fingerprint density at radius 1 is 1.06 bits per heavy atom. The third kappa shape index (κ3) is 4.67. The van der Waals surface area contributed by atoms with E-state index in [9.17, 15) is 4.79 Å². The molecule has 0 saturated carbocycles. The van der Waals surface area contributed by atoms with E-state index in [2.05, 4.69) is 10.4 Å². The first-order valence-electron chi connectivity index (χ1n) is 11.0. The average Bonchev–Trinajstić information content (AvgIpc) is 3.23. The molecule has 0 radical (unpaired) electrons. The monoisotopic (exact) mass is 444 g/mol. The van der Waals surface area contributed by atoms with Crippen molar-refractivity contribution < 1.29 is 14.3 Å². The highest BCUT2D eigenvalue weighted by Crippen LogP contribution is 2.28. The molecule has 1 N–H and O–H groups in total. The van der Waals surface area contributed by atoms with Crippen LogP contribution in [0, 0.1) is 6.92 Å². The molecule has 33 heavy (non-hydrogen) atoms. The minimum atomic E-state index is -0.129. The first-order chi connectivity index (χ1) is 16.0. The minimum Gasteiger partial charge on any atom is -0.493 e. The summed E-state index contributed by atoms with van der Waals surface area (Å²) in [6.45, 7) is 5.27. The number of methoxy groups -OCH3 is 2. The molecule has 0 atom stereocenters. The topological polar surface area (TPSA) is 78.3 Å². The molecule has 0 fully saturated rings. The van der Waals surface area contributed by atoms with Gasteiger partial charge in [0.2, 0.25) is 0 Å². The van der Waals surface area contributed by atoms with Crippen molar-refractivity contribution >= 4 is 16.8 Å². The molecular formula is C26H28N4O3. The van der Waals surface area contributed by atoms with Crippen molar-refractivity contribution in [3.8, 4) is 22.8 Å². The fourth-order valence-electron chi connectivity index (χ4n) is 3.88. The number of pyridine rings is 1. The van der Waals surface area contributed by atoms with Gasteiger partial charge < -0.3 is 14.8 Å². The van der Waals surface area contributed by atoms with Crippen LogP contribution in [-0.4, -0.2) is 41.4 Å². The zero-order valence-electron chi connectivity index (χ0n) is 19.4. The molecule has 2 aromatic carbocycles. The quantitative estimate of drug-likeness (QED) is 0.435. The Hall–Kier alpha value is -3.87. The summed E-state index contributed by atoms with van der Waals surface area (Å²) in [7, 11) is 3.22. The second kappa shape index (κ2) is 9.73. The van der Waals surface area contributed by atoms with Gasteiger partial charge in [-0.2, -0.15) is 5.10 Å².